The molecule has 0 saturated carbocycles. The molecule has 0 aliphatic rings. The SMILES string of the molecule is CC[C@H](NS(=O)(=O)c1cc(F)cc(F)c1)C(=O)O. The van der Waals surface area contributed by atoms with Gasteiger partial charge in [-0.3, -0.25) is 4.79 Å². The maximum Gasteiger partial charge on any atom is 0.321 e. The molecule has 5 nitrogen and oxygen atoms in total. The summed E-state index contributed by atoms with van der Waals surface area (Å²) in [6, 6.07) is 0.398. The van der Waals surface area contributed by atoms with Gasteiger partial charge in [0.1, 0.15) is 17.7 Å². The summed E-state index contributed by atoms with van der Waals surface area (Å²) in [5, 5.41) is 8.72. The average molecular weight is 279 g/mol. The van der Waals surface area contributed by atoms with Crippen LogP contribution in [0.25, 0.3) is 0 Å². The van der Waals surface area contributed by atoms with Gasteiger partial charge in [0.25, 0.3) is 0 Å². The zero-order chi connectivity index (χ0) is 13.9. The molecule has 1 aromatic rings. The Balaban J connectivity index is 3.10. The highest BCUT2D eigenvalue weighted by Crippen LogP contribution is 2.14. The van der Waals surface area contributed by atoms with E-state index in [1.54, 1.807) is 0 Å². The highest BCUT2D eigenvalue weighted by atomic mass is 32.2. The van der Waals surface area contributed by atoms with Gasteiger partial charge in [-0.05, 0) is 18.6 Å². The van der Waals surface area contributed by atoms with E-state index in [4.69, 9.17) is 5.11 Å². The molecule has 0 heterocycles. The number of aliphatic carboxylic acids is 1. The van der Waals surface area contributed by atoms with Crippen LogP contribution in [0.1, 0.15) is 13.3 Å². The highest BCUT2D eigenvalue weighted by molar-refractivity contribution is 7.89. The first-order chi connectivity index (χ1) is 8.26. The fourth-order valence-corrected chi connectivity index (χ4v) is 2.56. The van der Waals surface area contributed by atoms with Crippen LogP contribution in [0.4, 0.5) is 8.78 Å². The summed E-state index contributed by atoms with van der Waals surface area (Å²) in [5.74, 6) is -3.48. The van der Waals surface area contributed by atoms with Gasteiger partial charge < -0.3 is 5.11 Å². The van der Waals surface area contributed by atoms with Crippen LogP contribution in [0.2, 0.25) is 0 Å². The van der Waals surface area contributed by atoms with Crippen LogP contribution >= 0.6 is 0 Å². The molecule has 0 radical (unpaired) electrons. The maximum absolute atomic E-state index is 12.9. The third kappa shape index (κ3) is 3.47. The summed E-state index contributed by atoms with van der Waals surface area (Å²) >= 11 is 0. The number of hydrogen-bond acceptors (Lipinski definition) is 3. The number of halogens is 2. The van der Waals surface area contributed by atoms with Crippen molar-refractivity contribution in [3.8, 4) is 0 Å². The highest BCUT2D eigenvalue weighted by Gasteiger charge is 2.24. The van der Waals surface area contributed by atoms with Crippen molar-refractivity contribution in [2.45, 2.75) is 24.3 Å². The minimum Gasteiger partial charge on any atom is -0.480 e. The summed E-state index contributed by atoms with van der Waals surface area (Å²) in [7, 11) is -4.27. The summed E-state index contributed by atoms with van der Waals surface area (Å²) in [6.45, 7) is 1.47. The van der Waals surface area contributed by atoms with Crippen LogP contribution in [-0.4, -0.2) is 25.5 Å². The molecule has 0 unspecified atom stereocenters. The first-order valence-electron chi connectivity index (χ1n) is 4.97. The van der Waals surface area contributed by atoms with E-state index in [-0.39, 0.29) is 6.42 Å². The Labute approximate surface area is 102 Å². The normalized spacial score (nSPS) is 13.3. The van der Waals surface area contributed by atoms with E-state index >= 15 is 0 Å². The fourth-order valence-electron chi connectivity index (χ4n) is 1.25. The van der Waals surface area contributed by atoms with Gasteiger partial charge in [0.05, 0.1) is 4.90 Å². The Kier molecular flexibility index (Phi) is 4.36. The van der Waals surface area contributed by atoms with E-state index in [2.05, 4.69) is 0 Å². The van der Waals surface area contributed by atoms with E-state index < -0.39 is 38.6 Å². The van der Waals surface area contributed by atoms with E-state index in [0.29, 0.717) is 18.2 Å². The molecule has 1 rings (SSSR count). The predicted molar refractivity (Wildman–Crippen MR) is 58.4 cm³/mol. The van der Waals surface area contributed by atoms with Crippen LogP contribution in [0.5, 0.6) is 0 Å². The molecule has 0 aliphatic carbocycles. The second-order valence-electron chi connectivity index (χ2n) is 3.53. The van der Waals surface area contributed by atoms with Crippen LogP contribution in [0, 0.1) is 11.6 Å². The van der Waals surface area contributed by atoms with Gasteiger partial charge in [-0.1, -0.05) is 6.92 Å². The number of sulfonamides is 1. The quantitative estimate of drug-likeness (QED) is 0.845. The van der Waals surface area contributed by atoms with E-state index in [0.717, 1.165) is 0 Å². The molecular weight excluding hydrogens is 268 g/mol. The van der Waals surface area contributed by atoms with Crippen LogP contribution in [0.3, 0.4) is 0 Å². The molecule has 2 N–H and O–H groups in total. The molecular formula is C10H11F2NO4S. The molecule has 1 aromatic carbocycles. The Morgan fingerprint density at radius 1 is 1.33 bits per heavy atom. The number of rotatable bonds is 5. The zero-order valence-corrected chi connectivity index (χ0v) is 10.2. The van der Waals surface area contributed by atoms with Crippen LogP contribution in [0.15, 0.2) is 23.1 Å². The van der Waals surface area contributed by atoms with Crippen LogP contribution in [-0.2, 0) is 14.8 Å². The number of carboxylic acids is 1. The smallest absolute Gasteiger partial charge is 0.321 e. The van der Waals surface area contributed by atoms with E-state index in [1.807, 2.05) is 4.72 Å². The first kappa shape index (κ1) is 14.5. The van der Waals surface area contributed by atoms with Gasteiger partial charge in [-0.25, -0.2) is 17.2 Å². The monoisotopic (exact) mass is 279 g/mol. The van der Waals surface area contributed by atoms with Gasteiger partial charge >= 0.3 is 5.97 Å². The standard InChI is InChI=1S/C10H11F2NO4S/c1-2-9(10(14)15)13-18(16,17)8-4-6(11)3-7(12)5-8/h3-5,9,13H,2H2,1H3,(H,14,15)/t9-/m0/s1. The minimum atomic E-state index is -4.27. The van der Waals surface area contributed by atoms with Gasteiger partial charge in [-0.2, -0.15) is 4.72 Å². The van der Waals surface area contributed by atoms with Gasteiger partial charge in [-0.15, -0.1) is 0 Å². The van der Waals surface area contributed by atoms with Crippen LogP contribution < -0.4 is 4.72 Å². The molecule has 0 aliphatic heterocycles. The second-order valence-corrected chi connectivity index (χ2v) is 5.24. The molecule has 0 spiro atoms. The summed E-state index contributed by atoms with van der Waals surface area (Å²) < 4.78 is 51.0. The number of carbonyl (C=O) groups is 1. The van der Waals surface area contributed by atoms with Crippen molar-refractivity contribution >= 4 is 16.0 Å². The number of carboxylic acid groups (broad SMARTS) is 1. The Hall–Kier alpha value is -1.54. The van der Waals surface area contributed by atoms with Crippen molar-refractivity contribution in [3.63, 3.8) is 0 Å². The number of nitrogens with one attached hydrogen (secondary N) is 1. The summed E-state index contributed by atoms with van der Waals surface area (Å²) in [6.07, 6.45) is 0.00631. The molecule has 0 saturated heterocycles. The second kappa shape index (κ2) is 5.40. The first-order valence-corrected chi connectivity index (χ1v) is 6.46. The van der Waals surface area contributed by atoms with E-state index in [9.17, 15) is 22.0 Å². The van der Waals surface area contributed by atoms with Gasteiger partial charge in [0, 0.05) is 6.07 Å². The predicted octanol–water partition coefficient (Wildman–Crippen LogP) is 1.11. The third-order valence-electron chi connectivity index (χ3n) is 2.15. The van der Waals surface area contributed by atoms with Crippen molar-refractivity contribution in [2.24, 2.45) is 0 Å². The third-order valence-corrected chi connectivity index (χ3v) is 3.60. The Morgan fingerprint density at radius 2 is 1.83 bits per heavy atom. The van der Waals surface area contributed by atoms with E-state index in [1.165, 1.54) is 6.92 Å². The molecule has 0 amide bonds. The Morgan fingerprint density at radius 3 is 2.22 bits per heavy atom. The van der Waals surface area contributed by atoms with Gasteiger partial charge in [0.2, 0.25) is 10.0 Å². The minimum absolute atomic E-state index is 0.00631. The number of hydrogen-bond donors (Lipinski definition) is 2. The largest absolute Gasteiger partial charge is 0.480 e. The lowest BCUT2D eigenvalue weighted by Gasteiger charge is -2.12. The van der Waals surface area contributed by atoms with Crippen molar-refractivity contribution in [2.75, 3.05) is 0 Å². The molecule has 0 aromatic heterocycles. The molecule has 1 atom stereocenters. The van der Waals surface area contributed by atoms with Gasteiger partial charge in [0.15, 0.2) is 0 Å². The molecule has 100 valence electrons. The molecule has 8 heteroatoms. The maximum atomic E-state index is 12.9. The number of benzene rings is 1. The Bertz CT molecular complexity index is 539. The molecule has 0 fully saturated rings. The van der Waals surface area contributed by atoms with Crippen molar-refractivity contribution in [1.29, 1.82) is 0 Å². The fraction of sp³-hybridized carbons (Fsp3) is 0.300. The van der Waals surface area contributed by atoms with Crippen molar-refractivity contribution in [1.82, 2.24) is 4.72 Å². The van der Waals surface area contributed by atoms with Crippen molar-refractivity contribution < 1.29 is 27.1 Å². The molecule has 0 bridgehead atoms. The zero-order valence-electron chi connectivity index (χ0n) is 9.35. The summed E-state index contributed by atoms with van der Waals surface area (Å²) in [4.78, 5) is 10.0. The average Bonchev–Trinajstić information content (AvgIpc) is 2.24. The lowest BCUT2D eigenvalue weighted by molar-refractivity contribution is -0.139. The summed E-state index contributed by atoms with van der Waals surface area (Å²) in [5.41, 5.74) is 0. The lowest BCUT2D eigenvalue weighted by atomic mass is 10.2. The van der Waals surface area contributed by atoms with Crippen molar-refractivity contribution in [3.05, 3.63) is 29.8 Å². The topological polar surface area (TPSA) is 83.5 Å². The molecule has 18 heavy (non-hydrogen) atoms. The lowest BCUT2D eigenvalue weighted by Crippen LogP contribution is -2.40.